The Morgan fingerprint density at radius 1 is 1.21 bits per heavy atom. The minimum absolute atomic E-state index is 0.536. The Bertz CT molecular complexity index is 603. The summed E-state index contributed by atoms with van der Waals surface area (Å²) >= 11 is 0. The Kier molecular flexibility index (Phi) is 2.81. The Morgan fingerprint density at radius 3 is 2.58 bits per heavy atom. The van der Waals surface area contributed by atoms with Gasteiger partial charge < -0.3 is 15.2 Å². The average molecular weight is 259 g/mol. The van der Waals surface area contributed by atoms with Crippen LogP contribution in [-0.2, 0) is 0 Å². The quantitative estimate of drug-likeness (QED) is 0.885. The number of methoxy groups -OCH3 is 2. The highest BCUT2D eigenvalue weighted by Gasteiger charge is 2.30. The second kappa shape index (κ2) is 4.50. The predicted molar refractivity (Wildman–Crippen MR) is 73.5 cm³/mol. The molecule has 2 aromatic rings. The standard InChI is InChI=1S/C14H17N3O2/c1-18-10-6-5-9(7-11(10)19-2)12-13(8-3-4-8)16-17-14(12)15/h5-8H,3-4H2,1-2H3,(H3,15,16,17). The van der Waals surface area contributed by atoms with Gasteiger partial charge in [0.15, 0.2) is 17.3 Å². The highest BCUT2D eigenvalue weighted by molar-refractivity contribution is 5.78. The molecule has 100 valence electrons. The number of nitrogens with two attached hydrogens (primary N) is 1. The van der Waals surface area contributed by atoms with Crippen molar-refractivity contribution in [1.82, 2.24) is 10.2 Å². The van der Waals surface area contributed by atoms with Crippen LogP contribution in [0.25, 0.3) is 11.1 Å². The molecule has 0 amide bonds. The van der Waals surface area contributed by atoms with Gasteiger partial charge in [0.25, 0.3) is 0 Å². The maximum atomic E-state index is 5.99. The molecule has 3 rings (SSSR count). The normalized spacial score (nSPS) is 14.4. The van der Waals surface area contributed by atoms with Crippen molar-refractivity contribution < 1.29 is 9.47 Å². The molecule has 1 aliphatic carbocycles. The third-order valence-corrected chi connectivity index (χ3v) is 3.48. The van der Waals surface area contributed by atoms with E-state index in [0.29, 0.717) is 23.2 Å². The maximum Gasteiger partial charge on any atom is 0.161 e. The minimum Gasteiger partial charge on any atom is -0.493 e. The fourth-order valence-corrected chi connectivity index (χ4v) is 2.33. The molecule has 1 saturated carbocycles. The highest BCUT2D eigenvalue weighted by atomic mass is 16.5. The number of aromatic nitrogens is 2. The molecule has 0 aliphatic heterocycles. The number of hydrogen-bond donors (Lipinski definition) is 2. The van der Waals surface area contributed by atoms with Crippen molar-refractivity contribution >= 4 is 5.82 Å². The lowest BCUT2D eigenvalue weighted by Crippen LogP contribution is -1.93. The lowest BCUT2D eigenvalue weighted by atomic mass is 10.0. The molecule has 0 saturated heterocycles. The number of benzene rings is 1. The van der Waals surface area contributed by atoms with Crippen molar-refractivity contribution in [3.8, 4) is 22.6 Å². The molecule has 3 N–H and O–H groups in total. The van der Waals surface area contributed by atoms with Crippen LogP contribution in [0.2, 0.25) is 0 Å². The van der Waals surface area contributed by atoms with E-state index in [-0.39, 0.29) is 0 Å². The predicted octanol–water partition coefficient (Wildman–Crippen LogP) is 2.55. The van der Waals surface area contributed by atoms with Crippen LogP contribution in [0.15, 0.2) is 18.2 Å². The van der Waals surface area contributed by atoms with Crippen molar-refractivity contribution in [1.29, 1.82) is 0 Å². The summed E-state index contributed by atoms with van der Waals surface area (Å²) in [5.74, 6) is 2.51. The largest absolute Gasteiger partial charge is 0.493 e. The molecule has 0 atom stereocenters. The first-order valence-corrected chi connectivity index (χ1v) is 6.30. The first kappa shape index (κ1) is 11.9. The molecule has 0 spiro atoms. The van der Waals surface area contributed by atoms with Gasteiger partial charge in [-0.3, -0.25) is 5.10 Å². The van der Waals surface area contributed by atoms with E-state index in [2.05, 4.69) is 10.2 Å². The summed E-state index contributed by atoms with van der Waals surface area (Å²) in [6, 6.07) is 5.80. The van der Waals surface area contributed by atoms with Crippen molar-refractivity contribution in [2.45, 2.75) is 18.8 Å². The van der Waals surface area contributed by atoms with Gasteiger partial charge in [0.2, 0.25) is 0 Å². The van der Waals surface area contributed by atoms with Crippen LogP contribution in [-0.4, -0.2) is 24.4 Å². The van der Waals surface area contributed by atoms with Gasteiger partial charge in [0.05, 0.1) is 14.2 Å². The van der Waals surface area contributed by atoms with Crippen LogP contribution in [0.4, 0.5) is 5.82 Å². The van der Waals surface area contributed by atoms with Crippen molar-refractivity contribution in [2.24, 2.45) is 0 Å². The maximum absolute atomic E-state index is 5.99. The van der Waals surface area contributed by atoms with Gasteiger partial charge >= 0.3 is 0 Å². The topological polar surface area (TPSA) is 73.2 Å². The lowest BCUT2D eigenvalue weighted by Gasteiger charge is -2.10. The Labute approximate surface area is 111 Å². The van der Waals surface area contributed by atoms with Crippen LogP contribution in [0.3, 0.4) is 0 Å². The second-order valence-corrected chi connectivity index (χ2v) is 4.74. The third-order valence-electron chi connectivity index (χ3n) is 3.48. The summed E-state index contributed by atoms with van der Waals surface area (Å²) < 4.78 is 10.6. The van der Waals surface area contributed by atoms with E-state index in [1.165, 1.54) is 12.8 Å². The number of rotatable bonds is 4. The minimum atomic E-state index is 0.536. The van der Waals surface area contributed by atoms with Gasteiger partial charge in [-0.25, -0.2) is 0 Å². The van der Waals surface area contributed by atoms with E-state index in [0.717, 1.165) is 16.8 Å². The van der Waals surface area contributed by atoms with E-state index in [1.54, 1.807) is 14.2 Å². The highest BCUT2D eigenvalue weighted by Crippen LogP contribution is 2.46. The number of hydrogen-bond acceptors (Lipinski definition) is 4. The number of anilines is 1. The van der Waals surface area contributed by atoms with E-state index < -0.39 is 0 Å². The molecule has 19 heavy (non-hydrogen) atoms. The molecule has 0 unspecified atom stereocenters. The fraction of sp³-hybridized carbons (Fsp3) is 0.357. The Balaban J connectivity index is 2.09. The molecule has 5 nitrogen and oxygen atoms in total. The average Bonchev–Trinajstić information content (AvgIpc) is 3.21. The SMILES string of the molecule is COc1ccc(-c2c(N)n[nH]c2C2CC2)cc1OC. The molecule has 5 heteroatoms. The summed E-state index contributed by atoms with van der Waals surface area (Å²) in [5, 5.41) is 7.19. The first-order chi connectivity index (χ1) is 9.24. The molecule has 1 heterocycles. The molecule has 1 aromatic carbocycles. The van der Waals surface area contributed by atoms with Gasteiger partial charge in [-0.05, 0) is 30.5 Å². The van der Waals surface area contributed by atoms with Crippen molar-refractivity contribution in [2.75, 3.05) is 20.0 Å². The Hall–Kier alpha value is -2.17. The van der Waals surface area contributed by atoms with Crippen LogP contribution in [0, 0.1) is 0 Å². The van der Waals surface area contributed by atoms with E-state index >= 15 is 0 Å². The number of H-pyrrole nitrogens is 1. The van der Waals surface area contributed by atoms with E-state index in [9.17, 15) is 0 Å². The number of nitrogens with zero attached hydrogens (tertiary/aromatic N) is 1. The number of ether oxygens (including phenoxy) is 2. The smallest absolute Gasteiger partial charge is 0.161 e. The number of nitrogen functional groups attached to an aromatic ring is 1. The summed E-state index contributed by atoms with van der Waals surface area (Å²) in [4.78, 5) is 0. The van der Waals surface area contributed by atoms with Gasteiger partial charge in [-0.1, -0.05) is 6.07 Å². The summed E-state index contributed by atoms with van der Waals surface area (Å²) in [6.07, 6.45) is 2.39. The summed E-state index contributed by atoms with van der Waals surface area (Å²) in [6.45, 7) is 0. The van der Waals surface area contributed by atoms with E-state index in [4.69, 9.17) is 15.2 Å². The van der Waals surface area contributed by atoms with Crippen LogP contribution in [0.5, 0.6) is 11.5 Å². The van der Waals surface area contributed by atoms with E-state index in [1.807, 2.05) is 18.2 Å². The molecule has 1 aliphatic rings. The zero-order valence-corrected chi connectivity index (χ0v) is 11.1. The zero-order valence-electron chi connectivity index (χ0n) is 11.1. The second-order valence-electron chi connectivity index (χ2n) is 4.74. The fourth-order valence-electron chi connectivity index (χ4n) is 2.33. The van der Waals surface area contributed by atoms with Crippen molar-refractivity contribution in [3.05, 3.63) is 23.9 Å². The van der Waals surface area contributed by atoms with Crippen LogP contribution >= 0.6 is 0 Å². The monoisotopic (exact) mass is 259 g/mol. The summed E-state index contributed by atoms with van der Waals surface area (Å²) in [7, 11) is 3.25. The van der Waals surface area contributed by atoms with Gasteiger partial charge in [0, 0.05) is 17.2 Å². The van der Waals surface area contributed by atoms with Gasteiger partial charge in [-0.2, -0.15) is 5.10 Å². The van der Waals surface area contributed by atoms with Gasteiger partial charge in [0.1, 0.15) is 0 Å². The molecule has 0 bridgehead atoms. The molecule has 1 fully saturated rings. The van der Waals surface area contributed by atoms with Gasteiger partial charge in [-0.15, -0.1) is 0 Å². The number of aromatic amines is 1. The molecule has 0 radical (unpaired) electrons. The lowest BCUT2D eigenvalue weighted by molar-refractivity contribution is 0.355. The third kappa shape index (κ3) is 2.01. The van der Waals surface area contributed by atoms with Crippen LogP contribution in [0.1, 0.15) is 24.5 Å². The van der Waals surface area contributed by atoms with Crippen molar-refractivity contribution in [3.63, 3.8) is 0 Å². The molecular weight excluding hydrogens is 242 g/mol. The van der Waals surface area contributed by atoms with Crippen LogP contribution < -0.4 is 15.2 Å². The number of nitrogens with one attached hydrogen (secondary N) is 1. The first-order valence-electron chi connectivity index (χ1n) is 6.30. The molecular formula is C14H17N3O2. The summed E-state index contributed by atoms with van der Waals surface area (Å²) in [5.41, 5.74) is 9.11. The molecule has 1 aromatic heterocycles. The zero-order chi connectivity index (χ0) is 13.4. The Morgan fingerprint density at radius 2 is 1.95 bits per heavy atom.